The van der Waals surface area contributed by atoms with Crippen LogP contribution in [0.3, 0.4) is 0 Å². The van der Waals surface area contributed by atoms with Crippen molar-refractivity contribution in [2.24, 2.45) is 0 Å². The maximum absolute atomic E-state index is 13.0. The maximum atomic E-state index is 13.0. The van der Waals surface area contributed by atoms with Crippen LogP contribution < -0.4 is 10.1 Å². The Balaban J connectivity index is 2.08. The third-order valence-corrected chi connectivity index (χ3v) is 2.95. The second-order valence-electron chi connectivity index (χ2n) is 3.86. The summed E-state index contributed by atoms with van der Waals surface area (Å²) in [6.45, 7) is 0.567. The van der Waals surface area contributed by atoms with E-state index in [4.69, 9.17) is 4.74 Å². The Bertz CT molecular complexity index is 545. The molecule has 18 heavy (non-hydrogen) atoms. The second-order valence-corrected chi connectivity index (χ2v) is 4.78. The van der Waals surface area contributed by atoms with Gasteiger partial charge in [0.1, 0.15) is 11.6 Å². The lowest BCUT2D eigenvalue weighted by Gasteiger charge is -2.09. The summed E-state index contributed by atoms with van der Waals surface area (Å²) in [7, 11) is 1.62. The summed E-state index contributed by atoms with van der Waals surface area (Å²) in [4.78, 5) is 0. The summed E-state index contributed by atoms with van der Waals surface area (Å²) in [5, 5.41) is 3.23. The molecule has 0 aliphatic rings. The number of nitrogens with one attached hydrogen (secondary N) is 1. The molecule has 0 heterocycles. The Hall–Kier alpha value is -1.55. The Morgan fingerprint density at radius 1 is 1.22 bits per heavy atom. The zero-order valence-electron chi connectivity index (χ0n) is 9.91. The van der Waals surface area contributed by atoms with E-state index in [1.165, 1.54) is 12.1 Å². The van der Waals surface area contributed by atoms with Crippen LogP contribution in [0, 0.1) is 5.82 Å². The first-order valence-electron chi connectivity index (χ1n) is 5.50. The molecule has 2 rings (SSSR count). The molecule has 0 aliphatic heterocycles. The van der Waals surface area contributed by atoms with Gasteiger partial charge in [0.2, 0.25) is 0 Å². The van der Waals surface area contributed by atoms with Crippen LogP contribution in [0.5, 0.6) is 5.75 Å². The molecular formula is C14H13BrFNO. The highest BCUT2D eigenvalue weighted by Gasteiger charge is 2.00. The van der Waals surface area contributed by atoms with Crippen molar-refractivity contribution in [3.05, 3.63) is 58.3 Å². The molecule has 0 saturated heterocycles. The Labute approximate surface area is 114 Å². The van der Waals surface area contributed by atoms with E-state index in [1.807, 2.05) is 24.3 Å². The molecule has 0 aliphatic carbocycles. The van der Waals surface area contributed by atoms with Gasteiger partial charge in [-0.15, -0.1) is 0 Å². The molecule has 0 aromatic heterocycles. The Morgan fingerprint density at radius 2 is 2.06 bits per heavy atom. The van der Waals surface area contributed by atoms with Gasteiger partial charge >= 0.3 is 0 Å². The molecule has 0 radical (unpaired) electrons. The van der Waals surface area contributed by atoms with Gasteiger partial charge < -0.3 is 10.1 Å². The van der Waals surface area contributed by atoms with Crippen molar-refractivity contribution in [3.8, 4) is 5.75 Å². The minimum atomic E-state index is -0.221. The van der Waals surface area contributed by atoms with Crippen molar-refractivity contribution in [1.29, 1.82) is 0 Å². The van der Waals surface area contributed by atoms with Crippen LogP contribution in [0.2, 0.25) is 0 Å². The van der Waals surface area contributed by atoms with Crippen molar-refractivity contribution >= 4 is 21.6 Å². The zero-order valence-corrected chi connectivity index (χ0v) is 11.5. The van der Waals surface area contributed by atoms with E-state index in [2.05, 4.69) is 21.2 Å². The van der Waals surface area contributed by atoms with Gasteiger partial charge in [0, 0.05) is 22.8 Å². The summed E-state index contributed by atoms with van der Waals surface area (Å²) in [6.07, 6.45) is 0. The van der Waals surface area contributed by atoms with Gasteiger partial charge in [-0.1, -0.05) is 28.1 Å². The largest absolute Gasteiger partial charge is 0.497 e. The average molecular weight is 310 g/mol. The van der Waals surface area contributed by atoms with Gasteiger partial charge in [0.25, 0.3) is 0 Å². The molecule has 1 N–H and O–H groups in total. The van der Waals surface area contributed by atoms with E-state index in [-0.39, 0.29) is 5.82 Å². The first kappa shape index (κ1) is 12.9. The van der Waals surface area contributed by atoms with Crippen molar-refractivity contribution in [1.82, 2.24) is 0 Å². The van der Waals surface area contributed by atoms with E-state index in [9.17, 15) is 4.39 Å². The highest BCUT2D eigenvalue weighted by molar-refractivity contribution is 9.10. The number of methoxy groups -OCH3 is 1. The van der Waals surface area contributed by atoms with Crippen molar-refractivity contribution in [3.63, 3.8) is 0 Å². The van der Waals surface area contributed by atoms with Crippen LogP contribution in [-0.4, -0.2) is 7.11 Å². The number of anilines is 1. The van der Waals surface area contributed by atoms with Crippen molar-refractivity contribution < 1.29 is 9.13 Å². The Kier molecular flexibility index (Phi) is 4.20. The van der Waals surface area contributed by atoms with Crippen LogP contribution in [0.25, 0.3) is 0 Å². The monoisotopic (exact) mass is 309 g/mol. The van der Waals surface area contributed by atoms with Gasteiger partial charge in [-0.3, -0.25) is 0 Å². The van der Waals surface area contributed by atoms with Crippen molar-refractivity contribution in [2.75, 3.05) is 12.4 Å². The normalized spacial score (nSPS) is 10.2. The minimum absolute atomic E-state index is 0.221. The number of rotatable bonds is 4. The summed E-state index contributed by atoms with van der Waals surface area (Å²) in [5.41, 5.74) is 1.82. The molecule has 0 fully saturated rings. The molecule has 0 bridgehead atoms. The molecule has 4 heteroatoms. The first-order valence-corrected chi connectivity index (χ1v) is 6.29. The van der Waals surface area contributed by atoms with Gasteiger partial charge in [-0.25, -0.2) is 4.39 Å². The molecule has 0 spiro atoms. The smallest absolute Gasteiger partial charge is 0.123 e. The fraction of sp³-hybridized carbons (Fsp3) is 0.143. The highest BCUT2D eigenvalue weighted by atomic mass is 79.9. The lowest BCUT2D eigenvalue weighted by Crippen LogP contribution is -2.00. The van der Waals surface area contributed by atoms with E-state index in [1.54, 1.807) is 13.2 Å². The number of halogens is 2. The minimum Gasteiger partial charge on any atom is -0.497 e. The molecular weight excluding hydrogens is 297 g/mol. The molecule has 2 aromatic rings. The maximum Gasteiger partial charge on any atom is 0.123 e. The van der Waals surface area contributed by atoms with E-state index >= 15 is 0 Å². The first-order chi connectivity index (χ1) is 8.67. The fourth-order valence-electron chi connectivity index (χ4n) is 1.63. The van der Waals surface area contributed by atoms with Crippen LogP contribution in [0.15, 0.2) is 46.9 Å². The average Bonchev–Trinajstić information content (AvgIpc) is 2.36. The predicted molar refractivity (Wildman–Crippen MR) is 74.4 cm³/mol. The van der Waals surface area contributed by atoms with Crippen LogP contribution in [0.1, 0.15) is 5.56 Å². The van der Waals surface area contributed by atoms with Crippen LogP contribution >= 0.6 is 15.9 Å². The standard InChI is InChI=1S/C14H13BrFNO/c1-18-14-7-11(15)6-13(8-14)17-9-10-3-2-4-12(16)5-10/h2-8,17H,9H2,1H3. The molecule has 0 saturated carbocycles. The number of benzene rings is 2. The lowest BCUT2D eigenvalue weighted by atomic mass is 10.2. The molecule has 94 valence electrons. The number of ether oxygens (including phenoxy) is 1. The van der Waals surface area contributed by atoms with E-state index in [0.29, 0.717) is 6.54 Å². The fourth-order valence-corrected chi connectivity index (χ4v) is 2.11. The SMILES string of the molecule is COc1cc(Br)cc(NCc2cccc(F)c2)c1. The summed E-state index contributed by atoms with van der Waals surface area (Å²) in [6, 6.07) is 12.3. The summed E-state index contributed by atoms with van der Waals surface area (Å²) < 4.78 is 19.1. The Morgan fingerprint density at radius 3 is 2.78 bits per heavy atom. The molecule has 2 aromatic carbocycles. The lowest BCUT2D eigenvalue weighted by molar-refractivity contribution is 0.414. The summed E-state index contributed by atoms with van der Waals surface area (Å²) in [5.74, 6) is 0.548. The topological polar surface area (TPSA) is 21.3 Å². The zero-order chi connectivity index (χ0) is 13.0. The summed E-state index contributed by atoms with van der Waals surface area (Å²) >= 11 is 3.41. The molecule has 0 unspecified atom stereocenters. The van der Waals surface area contributed by atoms with E-state index in [0.717, 1.165) is 21.5 Å². The highest BCUT2D eigenvalue weighted by Crippen LogP contribution is 2.24. The molecule has 0 atom stereocenters. The third-order valence-electron chi connectivity index (χ3n) is 2.49. The molecule has 2 nitrogen and oxygen atoms in total. The second kappa shape index (κ2) is 5.87. The number of hydrogen-bond donors (Lipinski definition) is 1. The third kappa shape index (κ3) is 3.47. The van der Waals surface area contributed by atoms with Crippen LogP contribution in [-0.2, 0) is 6.54 Å². The van der Waals surface area contributed by atoms with Gasteiger partial charge in [0.05, 0.1) is 7.11 Å². The quantitative estimate of drug-likeness (QED) is 0.913. The van der Waals surface area contributed by atoms with Crippen molar-refractivity contribution in [2.45, 2.75) is 6.54 Å². The predicted octanol–water partition coefficient (Wildman–Crippen LogP) is 4.21. The van der Waals surface area contributed by atoms with Gasteiger partial charge in [-0.2, -0.15) is 0 Å². The van der Waals surface area contributed by atoms with Crippen LogP contribution in [0.4, 0.5) is 10.1 Å². The van der Waals surface area contributed by atoms with E-state index < -0.39 is 0 Å². The molecule has 0 amide bonds. The van der Waals surface area contributed by atoms with Gasteiger partial charge in [0.15, 0.2) is 0 Å². The number of hydrogen-bond acceptors (Lipinski definition) is 2. The van der Waals surface area contributed by atoms with Gasteiger partial charge in [-0.05, 0) is 29.8 Å².